The number of amides is 1. The van der Waals surface area contributed by atoms with Gasteiger partial charge in [0.05, 0.1) is 11.3 Å². The summed E-state index contributed by atoms with van der Waals surface area (Å²) in [5, 5.41) is 12.1. The maximum atomic E-state index is 12.6. The molecule has 0 aromatic heterocycles. The third-order valence-corrected chi connectivity index (χ3v) is 5.35. The summed E-state index contributed by atoms with van der Waals surface area (Å²) in [6, 6.07) is 4.17. The van der Waals surface area contributed by atoms with Crippen molar-refractivity contribution in [3.8, 4) is 0 Å². The fraction of sp³-hybridized carbons (Fsp3) is 0.278. The van der Waals surface area contributed by atoms with Gasteiger partial charge < -0.3 is 15.3 Å². The Morgan fingerprint density at radius 3 is 2.48 bits per heavy atom. The molecule has 0 aliphatic carbocycles. The Bertz CT molecular complexity index is 988. The summed E-state index contributed by atoms with van der Waals surface area (Å²) in [5.74, 6) is -1.64. The van der Waals surface area contributed by atoms with Crippen LogP contribution in [0.1, 0.15) is 22.7 Å². The first-order chi connectivity index (χ1) is 12.6. The number of sulfonamides is 1. The molecule has 1 amide bonds. The van der Waals surface area contributed by atoms with Crippen LogP contribution in [0, 0.1) is 13.8 Å². The number of nitrogens with one attached hydrogen (secondary N) is 1. The number of carboxylic acids is 1. The molecule has 1 aromatic carbocycles. The summed E-state index contributed by atoms with van der Waals surface area (Å²) in [5.41, 5.74) is 2.51. The zero-order chi connectivity index (χ0) is 19.8. The van der Waals surface area contributed by atoms with E-state index in [0.717, 1.165) is 11.1 Å². The second-order valence-corrected chi connectivity index (χ2v) is 8.27. The largest absolute Gasteiger partial charge is 0.479 e. The van der Waals surface area contributed by atoms with Gasteiger partial charge in [-0.1, -0.05) is 29.3 Å². The van der Waals surface area contributed by atoms with Crippen molar-refractivity contribution < 1.29 is 23.1 Å². The van der Waals surface area contributed by atoms with Crippen molar-refractivity contribution in [2.75, 3.05) is 12.3 Å². The van der Waals surface area contributed by atoms with Crippen molar-refractivity contribution in [2.45, 2.75) is 19.9 Å². The van der Waals surface area contributed by atoms with Gasteiger partial charge in [-0.2, -0.15) is 0 Å². The second kappa shape index (κ2) is 6.99. The van der Waals surface area contributed by atoms with Gasteiger partial charge in [-0.05, 0) is 31.6 Å². The predicted octanol–water partition coefficient (Wildman–Crippen LogP) is 1.04. The van der Waals surface area contributed by atoms with Gasteiger partial charge in [0.1, 0.15) is 5.84 Å². The molecular weight excluding hydrogens is 370 g/mol. The smallest absolute Gasteiger partial charge is 0.330 e. The summed E-state index contributed by atoms with van der Waals surface area (Å²) in [6.45, 7) is 3.89. The van der Waals surface area contributed by atoms with E-state index in [4.69, 9.17) is 0 Å². The second-order valence-electron chi connectivity index (χ2n) is 6.51. The van der Waals surface area contributed by atoms with Crippen molar-refractivity contribution in [3.63, 3.8) is 0 Å². The lowest BCUT2D eigenvalue weighted by molar-refractivity contribution is -0.141. The molecule has 0 saturated carbocycles. The van der Waals surface area contributed by atoms with Gasteiger partial charge in [0.2, 0.25) is 0 Å². The first kappa shape index (κ1) is 18.8. The molecule has 142 valence electrons. The van der Waals surface area contributed by atoms with E-state index in [-0.39, 0.29) is 23.7 Å². The van der Waals surface area contributed by atoms with E-state index < -0.39 is 27.9 Å². The van der Waals surface area contributed by atoms with E-state index in [0.29, 0.717) is 5.56 Å². The summed E-state index contributed by atoms with van der Waals surface area (Å²) >= 11 is 0. The van der Waals surface area contributed by atoms with Crippen LogP contribution in [0.4, 0.5) is 0 Å². The molecule has 1 unspecified atom stereocenters. The minimum absolute atomic E-state index is 0.143. The predicted molar refractivity (Wildman–Crippen MR) is 99.6 cm³/mol. The number of benzene rings is 1. The number of amidine groups is 1. The molecular formula is C18H19N3O5S. The minimum atomic E-state index is -3.48. The van der Waals surface area contributed by atoms with E-state index in [1.54, 1.807) is 17.0 Å². The van der Waals surface area contributed by atoms with E-state index in [1.807, 2.05) is 19.9 Å². The third-order valence-electron chi connectivity index (χ3n) is 4.19. The lowest BCUT2D eigenvalue weighted by atomic mass is 10.0. The van der Waals surface area contributed by atoms with Crippen molar-refractivity contribution in [2.24, 2.45) is 4.40 Å². The van der Waals surface area contributed by atoms with Crippen LogP contribution in [-0.4, -0.2) is 48.4 Å². The number of hydrogen-bond donors (Lipinski definition) is 2. The fourth-order valence-corrected chi connectivity index (χ4v) is 3.98. The van der Waals surface area contributed by atoms with Crippen LogP contribution in [0.3, 0.4) is 0 Å². The molecule has 2 N–H and O–H groups in total. The number of fused-ring (bicyclic) bond motifs is 1. The van der Waals surface area contributed by atoms with E-state index >= 15 is 0 Å². The summed E-state index contributed by atoms with van der Waals surface area (Å²) < 4.78 is 26.7. The lowest BCUT2D eigenvalue weighted by Gasteiger charge is -2.27. The van der Waals surface area contributed by atoms with E-state index in [9.17, 15) is 23.1 Å². The molecule has 3 rings (SSSR count). The Kier molecular flexibility index (Phi) is 4.88. The van der Waals surface area contributed by atoms with Crippen LogP contribution in [0.2, 0.25) is 0 Å². The molecule has 2 heterocycles. The summed E-state index contributed by atoms with van der Waals surface area (Å²) in [4.78, 5) is 25.8. The molecule has 8 nitrogen and oxygen atoms in total. The first-order valence-electron chi connectivity index (χ1n) is 8.26. The number of carboxylic acid groups (broad SMARTS) is 1. The van der Waals surface area contributed by atoms with Crippen LogP contribution in [0.25, 0.3) is 0 Å². The highest BCUT2D eigenvalue weighted by Gasteiger charge is 2.27. The van der Waals surface area contributed by atoms with Gasteiger partial charge in [-0.25, -0.2) is 13.2 Å². The average Bonchev–Trinajstić information content (AvgIpc) is 2.57. The van der Waals surface area contributed by atoms with Crippen LogP contribution in [0.5, 0.6) is 0 Å². The highest BCUT2D eigenvalue weighted by molar-refractivity contribution is 7.90. The standard InChI is InChI=1S/C18H19N3O5S/c1-11-7-12(2)9-14(8-11)16(18(23)24)19-17(22)13-3-4-15-20-27(25,26)6-5-21(15)10-13/h3-4,7-10,16H,5-6H2,1-2H3,(H,19,22)(H,23,24). The summed E-state index contributed by atoms with van der Waals surface area (Å²) in [7, 11) is -3.48. The average molecular weight is 389 g/mol. The maximum Gasteiger partial charge on any atom is 0.330 e. The molecule has 0 bridgehead atoms. The number of rotatable bonds is 4. The lowest BCUT2D eigenvalue weighted by Crippen LogP contribution is -2.39. The summed E-state index contributed by atoms with van der Waals surface area (Å²) in [6.07, 6.45) is 4.33. The number of carbonyl (C=O) groups excluding carboxylic acids is 1. The van der Waals surface area contributed by atoms with Gasteiger partial charge in [-0.15, -0.1) is 4.40 Å². The molecule has 0 fully saturated rings. The topological polar surface area (TPSA) is 116 Å². The highest BCUT2D eigenvalue weighted by Crippen LogP contribution is 2.20. The first-order valence-corrected chi connectivity index (χ1v) is 9.86. The SMILES string of the molecule is Cc1cc(C)cc(C(NC(=O)C2=CN3CCS(=O)(=O)N=C3C=C2)C(=O)O)c1. The maximum absolute atomic E-state index is 12.6. The van der Waals surface area contributed by atoms with Gasteiger partial charge in [-0.3, -0.25) is 4.79 Å². The molecule has 0 spiro atoms. The molecule has 0 radical (unpaired) electrons. The molecule has 0 saturated heterocycles. The number of carbonyl (C=O) groups is 2. The monoisotopic (exact) mass is 389 g/mol. The van der Waals surface area contributed by atoms with Gasteiger partial charge >= 0.3 is 5.97 Å². The zero-order valence-corrected chi connectivity index (χ0v) is 15.7. The van der Waals surface area contributed by atoms with Crippen LogP contribution in [-0.2, 0) is 19.6 Å². The quantitative estimate of drug-likeness (QED) is 0.795. The van der Waals surface area contributed by atoms with Gasteiger partial charge in [0, 0.05) is 12.7 Å². The van der Waals surface area contributed by atoms with E-state index in [2.05, 4.69) is 9.71 Å². The van der Waals surface area contributed by atoms with Gasteiger partial charge in [0.15, 0.2) is 6.04 Å². The Labute approximate surface area is 157 Å². The molecule has 9 heteroatoms. The molecule has 1 aromatic rings. The van der Waals surface area contributed by atoms with Crippen LogP contribution < -0.4 is 5.32 Å². The Morgan fingerprint density at radius 2 is 1.85 bits per heavy atom. The van der Waals surface area contributed by atoms with Crippen LogP contribution in [0.15, 0.2) is 46.5 Å². The third kappa shape index (κ3) is 4.25. The van der Waals surface area contributed by atoms with Crippen molar-refractivity contribution in [3.05, 3.63) is 58.8 Å². The van der Waals surface area contributed by atoms with E-state index in [1.165, 1.54) is 18.4 Å². The Balaban J connectivity index is 1.82. The molecule has 1 atom stereocenters. The highest BCUT2D eigenvalue weighted by atomic mass is 32.2. The zero-order valence-electron chi connectivity index (χ0n) is 14.8. The van der Waals surface area contributed by atoms with Crippen LogP contribution >= 0.6 is 0 Å². The molecule has 27 heavy (non-hydrogen) atoms. The Hall–Kier alpha value is -2.94. The van der Waals surface area contributed by atoms with Crippen molar-refractivity contribution in [1.29, 1.82) is 0 Å². The number of aryl methyl sites for hydroxylation is 2. The Morgan fingerprint density at radius 1 is 1.19 bits per heavy atom. The molecule has 2 aliphatic heterocycles. The molecule has 2 aliphatic rings. The fourth-order valence-electron chi connectivity index (χ4n) is 3.01. The minimum Gasteiger partial charge on any atom is -0.479 e. The number of hydrogen-bond acceptors (Lipinski definition) is 5. The number of nitrogens with zero attached hydrogens (tertiary/aromatic N) is 2. The number of aliphatic carboxylic acids is 1. The van der Waals surface area contributed by atoms with Gasteiger partial charge in [0.25, 0.3) is 15.9 Å². The van der Waals surface area contributed by atoms with Crippen molar-refractivity contribution >= 4 is 27.7 Å². The normalized spacial score (nSPS) is 18.8. The van der Waals surface area contributed by atoms with Crippen molar-refractivity contribution in [1.82, 2.24) is 10.2 Å².